The van der Waals surface area contributed by atoms with Gasteiger partial charge < -0.3 is 4.74 Å². The standard InChI is InChI=1S/C14H19ClO3/c1-4-18-13(17)12(15)11(16)9-14(2,3)10-7-5-6-8-10/h5-7,12H,4,8-9H2,1-3H3. The molecule has 0 spiro atoms. The van der Waals surface area contributed by atoms with E-state index in [-0.39, 0.29) is 24.2 Å². The molecule has 0 amide bonds. The van der Waals surface area contributed by atoms with Gasteiger partial charge in [-0.3, -0.25) is 4.79 Å². The van der Waals surface area contributed by atoms with Gasteiger partial charge >= 0.3 is 5.97 Å². The van der Waals surface area contributed by atoms with Gasteiger partial charge in [0.2, 0.25) is 0 Å². The summed E-state index contributed by atoms with van der Waals surface area (Å²) >= 11 is 5.81. The number of rotatable bonds is 6. The van der Waals surface area contributed by atoms with E-state index in [4.69, 9.17) is 16.3 Å². The molecule has 0 fully saturated rings. The van der Waals surface area contributed by atoms with Gasteiger partial charge in [-0.05, 0) is 18.8 Å². The van der Waals surface area contributed by atoms with E-state index in [0.717, 1.165) is 6.42 Å². The third kappa shape index (κ3) is 3.70. The maximum atomic E-state index is 12.0. The van der Waals surface area contributed by atoms with Crippen LogP contribution < -0.4 is 0 Å². The first-order valence-electron chi connectivity index (χ1n) is 6.08. The molecule has 0 aliphatic heterocycles. The highest BCUT2D eigenvalue weighted by atomic mass is 35.5. The predicted molar refractivity (Wildman–Crippen MR) is 71.5 cm³/mol. The van der Waals surface area contributed by atoms with Crippen molar-refractivity contribution in [2.45, 2.75) is 39.0 Å². The third-order valence-electron chi connectivity index (χ3n) is 3.03. The zero-order chi connectivity index (χ0) is 13.8. The van der Waals surface area contributed by atoms with Crippen LogP contribution in [0, 0.1) is 5.41 Å². The number of hydrogen-bond acceptors (Lipinski definition) is 3. The minimum atomic E-state index is -1.20. The van der Waals surface area contributed by atoms with E-state index in [1.165, 1.54) is 5.57 Å². The molecule has 0 heterocycles. The van der Waals surface area contributed by atoms with Crippen LogP contribution in [0.4, 0.5) is 0 Å². The Labute approximate surface area is 113 Å². The summed E-state index contributed by atoms with van der Waals surface area (Å²) in [7, 11) is 0. The number of halogens is 1. The van der Waals surface area contributed by atoms with E-state index in [9.17, 15) is 9.59 Å². The van der Waals surface area contributed by atoms with Crippen LogP contribution in [-0.2, 0) is 14.3 Å². The molecule has 100 valence electrons. The van der Waals surface area contributed by atoms with Gasteiger partial charge in [0, 0.05) is 6.42 Å². The number of Topliss-reactive ketones (excluding diaryl/α,β-unsaturated/α-hetero) is 1. The molecule has 18 heavy (non-hydrogen) atoms. The van der Waals surface area contributed by atoms with Crippen LogP contribution >= 0.6 is 11.6 Å². The van der Waals surface area contributed by atoms with Gasteiger partial charge in [-0.2, -0.15) is 0 Å². The second-order valence-corrected chi connectivity index (χ2v) is 5.40. The average molecular weight is 271 g/mol. The lowest BCUT2D eigenvalue weighted by atomic mass is 9.78. The number of hydrogen-bond donors (Lipinski definition) is 0. The lowest BCUT2D eigenvalue weighted by Gasteiger charge is -2.26. The zero-order valence-corrected chi connectivity index (χ0v) is 11.8. The van der Waals surface area contributed by atoms with Crippen molar-refractivity contribution in [1.29, 1.82) is 0 Å². The zero-order valence-electron chi connectivity index (χ0n) is 11.0. The fourth-order valence-electron chi connectivity index (χ4n) is 1.93. The Morgan fingerprint density at radius 1 is 1.50 bits per heavy atom. The molecule has 0 saturated carbocycles. The minimum Gasteiger partial charge on any atom is -0.465 e. The van der Waals surface area contributed by atoms with Crippen LogP contribution in [0.15, 0.2) is 23.8 Å². The summed E-state index contributed by atoms with van der Waals surface area (Å²) in [6.07, 6.45) is 7.14. The summed E-state index contributed by atoms with van der Waals surface area (Å²) in [5.41, 5.74) is 0.906. The maximum Gasteiger partial charge on any atom is 0.331 e. The molecule has 0 bridgehead atoms. The van der Waals surface area contributed by atoms with Crippen molar-refractivity contribution in [3.05, 3.63) is 23.8 Å². The molecule has 1 unspecified atom stereocenters. The third-order valence-corrected chi connectivity index (χ3v) is 3.45. The van der Waals surface area contributed by atoms with Gasteiger partial charge in [0.05, 0.1) is 6.61 Å². The predicted octanol–water partition coefficient (Wildman–Crippen LogP) is 3.03. The monoisotopic (exact) mass is 270 g/mol. The SMILES string of the molecule is CCOC(=O)C(Cl)C(=O)CC(C)(C)C1=CC=CC1. The number of ketones is 1. The largest absolute Gasteiger partial charge is 0.465 e. The molecule has 1 atom stereocenters. The van der Waals surface area contributed by atoms with Crippen molar-refractivity contribution < 1.29 is 14.3 Å². The summed E-state index contributed by atoms with van der Waals surface area (Å²) in [5.74, 6) is -0.939. The summed E-state index contributed by atoms with van der Waals surface area (Å²) in [6.45, 7) is 5.88. The Hall–Kier alpha value is -1.09. The van der Waals surface area contributed by atoms with E-state index < -0.39 is 11.3 Å². The molecule has 0 aromatic carbocycles. The lowest BCUT2D eigenvalue weighted by molar-refractivity contribution is -0.145. The molecule has 0 aromatic rings. The van der Waals surface area contributed by atoms with Crippen LogP contribution in [0.3, 0.4) is 0 Å². The van der Waals surface area contributed by atoms with Crippen molar-refractivity contribution in [3.63, 3.8) is 0 Å². The van der Waals surface area contributed by atoms with Crippen LogP contribution in [0.5, 0.6) is 0 Å². The van der Waals surface area contributed by atoms with Crippen LogP contribution in [0.25, 0.3) is 0 Å². The molecule has 1 aliphatic rings. The normalized spacial score (nSPS) is 16.3. The highest BCUT2D eigenvalue weighted by molar-refractivity contribution is 6.41. The van der Waals surface area contributed by atoms with E-state index in [2.05, 4.69) is 0 Å². The second kappa shape index (κ2) is 6.19. The summed E-state index contributed by atoms with van der Waals surface area (Å²) in [4.78, 5) is 23.3. The molecule has 0 radical (unpaired) electrons. The van der Waals surface area contributed by atoms with Crippen LogP contribution in [0.1, 0.15) is 33.6 Å². The molecule has 1 rings (SSSR count). The average Bonchev–Trinajstić information content (AvgIpc) is 2.81. The molecular weight excluding hydrogens is 252 g/mol. The number of alkyl halides is 1. The lowest BCUT2D eigenvalue weighted by Crippen LogP contribution is -2.31. The van der Waals surface area contributed by atoms with Crippen molar-refractivity contribution in [3.8, 4) is 0 Å². The van der Waals surface area contributed by atoms with Crippen LogP contribution in [-0.4, -0.2) is 23.7 Å². The molecule has 0 saturated heterocycles. The van der Waals surface area contributed by atoms with Crippen molar-refractivity contribution in [1.82, 2.24) is 0 Å². The van der Waals surface area contributed by atoms with E-state index in [1.54, 1.807) is 6.92 Å². The number of carbonyl (C=O) groups excluding carboxylic acids is 2. The Morgan fingerprint density at radius 2 is 2.17 bits per heavy atom. The van der Waals surface area contributed by atoms with Gasteiger partial charge in [-0.1, -0.05) is 37.6 Å². The molecule has 3 nitrogen and oxygen atoms in total. The number of ether oxygens (including phenoxy) is 1. The Kier molecular flexibility index (Phi) is 5.15. The van der Waals surface area contributed by atoms with Gasteiger partial charge in [0.25, 0.3) is 0 Å². The highest BCUT2D eigenvalue weighted by Gasteiger charge is 2.32. The quantitative estimate of drug-likeness (QED) is 0.423. The first-order chi connectivity index (χ1) is 8.38. The molecule has 0 N–H and O–H groups in total. The number of carbonyl (C=O) groups is 2. The summed E-state index contributed by atoms with van der Waals surface area (Å²) in [6, 6.07) is 0. The topological polar surface area (TPSA) is 43.4 Å². The van der Waals surface area contributed by atoms with E-state index in [1.807, 2.05) is 32.1 Å². The van der Waals surface area contributed by atoms with E-state index in [0.29, 0.717) is 0 Å². The molecular formula is C14H19ClO3. The first-order valence-corrected chi connectivity index (χ1v) is 6.51. The van der Waals surface area contributed by atoms with Crippen LogP contribution in [0.2, 0.25) is 0 Å². The van der Waals surface area contributed by atoms with Crippen molar-refractivity contribution in [2.75, 3.05) is 6.61 Å². The Balaban J connectivity index is 2.61. The molecule has 0 aromatic heterocycles. The van der Waals surface area contributed by atoms with E-state index >= 15 is 0 Å². The summed E-state index contributed by atoms with van der Waals surface area (Å²) in [5, 5.41) is -1.20. The Morgan fingerprint density at radius 3 is 2.67 bits per heavy atom. The maximum absolute atomic E-state index is 12.0. The highest BCUT2D eigenvalue weighted by Crippen LogP contribution is 2.36. The number of allylic oxidation sites excluding steroid dienone is 4. The van der Waals surface area contributed by atoms with Gasteiger partial charge in [0.15, 0.2) is 11.2 Å². The van der Waals surface area contributed by atoms with Gasteiger partial charge in [0.1, 0.15) is 0 Å². The fourth-order valence-corrected chi connectivity index (χ4v) is 2.07. The van der Waals surface area contributed by atoms with Gasteiger partial charge in [-0.25, -0.2) is 4.79 Å². The van der Waals surface area contributed by atoms with Crippen molar-refractivity contribution in [2.24, 2.45) is 5.41 Å². The minimum absolute atomic E-state index is 0.230. The molecule has 4 heteroatoms. The Bertz CT molecular complexity index is 394. The second-order valence-electron chi connectivity index (χ2n) is 4.97. The van der Waals surface area contributed by atoms with Gasteiger partial charge in [-0.15, -0.1) is 11.6 Å². The van der Waals surface area contributed by atoms with Crippen molar-refractivity contribution >= 4 is 23.4 Å². The summed E-state index contributed by atoms with van der Waals surface area (Å²) < 4.78 is 4.75. The number of esters is 1. The fraction of sp³-hybridized carbons (Fsp3) is 0.571. The first kappa shape index (κ1) is 15.0. The molecule has 1 aliphatic carbocycles. The smallest absolute Gasteiger partial charge is 0.331 e.